The van der Waals surface area contributed by atoms with Crippen molar-refractivity contribution >= 4 is 5.65 Å². The van der Waals surface area contributed by atoms with Crippen molar-refractivity contribution in [3.8, 4) is 17.3 Å². The minimum Gasteiger partial charge on any atom is -0.470 e. The summed E-state index contributed by atoms with van der Waals surface area (Å²) in [5, 5.41) is 13.9. The lowest BCUT2D eigenvalue weighted by Gasteiger charge is -2.38. The van der Waals surface area contributed by atoms with Gasteiger partial charge in [0.25, 0.3) is 0 Å². The van der Waals surface area contributed by atoms with Crippen molar-refractivity contribution in [1.82, 2.24) is 29.8 Å². The molecule has 7 nitrogen and oxygen atoms in total. The van der Waals surface area contributed by atoms with Crippen LogP contribution < -0.4 is 4.74 Å². The highest BCUT2D eigenvalue weighted by atomic mass is 16.5. The zero-order valence-electron chi connectivity index (χ0n) is 15.9. The number of nitrogens with zero attached hydrogens (tertiary/aromatic N) is 6. The van der Waals surface area contributed by atoms with Gasteiger partial charge in [-0.15, -0.1) is 15.3 Å². The predicted octanol–water partition coefficient (Wildman–Crippen LogP) is 3.92. The first-order valence-electron chi connectivity index (χ1n) is 10.1. The highest BCUT2D eigenvalue weighted by Gasteiger charge is 2.39. The third kappa shape index (κ3) is 2.68. The van der Waals surface area contributed by atoms with Gasteiger partial charge in [0, 0.05) is 22.9 Å². The van der Waals surface area contributed by atoms with Crippen molar-refractivity contribution in [3.05, 3.63) is 65.7 Å². The van der Waals surface area contributed by atoms with Gasteiger partial charge in [-0.2, -0.15) is 4.52 Å². The van der Waals surface area contributed by atoms with Gasteiger partial charge in [0.2, 0.25) is 5.88 Å². The molecule has 7 rings (SSSR count). The molecule has 2 bridgehead atoms. The number of hydrogen-bond acceptors (Lipinski definition) is 6. The smallest absolute Gasteiger partial charge is 0.236 e. The van der Waals surface area contributed by atoms with Crippen LogP contribution in [0.1, 0.15) is 54.3 Å². The molecule has 1 aromatic carbocycles. The molecule has 3 aliphatic carbocycles. The topological polar surface area (TPSA) is 78.1 Å². The zero-order chi connectivity index (χ0) is 19.2. The van der Waals surface area contributed by atoms with Gasteiger partial charge in [0.05, 0.1) is 5.69 Å². The fourth-order valence-corrected chi connectivity index (χ4v) is 4.81. The van der Waals surface area contributed by atoms with E-state index in [-0.39, 0.29) is 0 Å². The maximum Gasteiger partial charge on any atom is 0.236 e. The van der Waals surface area contributed by atoms with Gasteiger partial charge in [-0.3, -0.25) is 0 Å². The van der Waals surface area contributed by atoms with Crippen LogP contribution in [0.3, 0.4) is 0 Å². The van der Waals surface area contributed by atoms with Crippen LogP contribution in [0.25, 0.3) is 17.0 Å². The minimum absolute atomic E-state index is 0.369. The van der Waals surface area contributed by atoms with Crippen LogP contribution in [-0.2, 0) is 6.61 Å². The van der Waals surface area contributed by atoms with Crippen molar-refractivity contribution in [2.24, 2.45) is 0 Å². The second kappa shape index (κ2) is 6.62. The van der Waals surface area contributed by atoms with Crippen molar-refractivity contribution in [2.45, 2.75) is 44.1 Å². The molecule has 0 spiro atoms. The molecular formula is C22H20N6O. The first-order valence-corrected chi connectivity index (χ1v) is 10.1. The Morgan fingerprint density at radius 2 is 1.72 bits per heavy atom. The van der Waals surface area contributed by atoms with E-state index in [1.807, 2.05) is 40.9 Å². The molecule has 0 unspecified atom stereocenters. The third-order valence-electron chi connectivity index (χ3n) is 6.17. The molecule has 0 saturated heterocycles. The average Bonchev–Trinajstić information content (AvgIpc) is 3.23. The van der Waals surface area contributed by atoms with Crippen molar-refractivity contribution in [3.63, 3.8) is 0 Å². The molecule has 7 heteroatoms. The van der Waals surface area contributed by atoms with Gasteiger partial charge in [-0.25, -0.2) is 9.97 Å². The summed E-state index contributed by atoms with van der Waals surface area (Å²) in [7, 11) is 0. The highest BCUT2D eigenvalue weighted by Crippen LogP contribution is 2.53. The summed E-state index contributed by atoms with van der Waals surface area (Å²) in [4.78, 5) is 8.25. The van der Waals surface area contributed by atoms with E-state index in [0.29, 0.717) is 24.3 Å². The molecular weight excluding hydrogens is 364 g/mol. The summed E-state index contributed by atoms with van der Waals surface area (Å²) in [6, 6.07) is 11.9. The summed E-state index contributed by atoms with van der Waals surface area (Å²) in [6.07, 6.45) is 8.07. The standard InChI is InChI=1S/C22H20N6O/c1-2-4-16(5-3-1)20-25-26-21-18-14-6-8-15(9-7-14)19(18)22(27-28(20)21)29-12-17-10-11-23-13-24-17/h1-5,10-11,13-15H,6-9,12H2. The normalized spacial score (nSPS) is 20.0. The number of fused-ring (bicyclic) bond motifs is 3. The van der Waals surface area contributed by atoms with Crippen molar-refractivity contribution in [2.75, 3.05) is 0 Å². The zero-order valence-corrected chi connectivity index (χ0v) is 15.9. The number of benzene rings is 1. The maximum absolute atomic E-state index is 6.23. The van der Waals surface area contributed by atoms with E-state index >= 15 is 0 Å². The van der Waals surface area contributed by atoms with Crippen LogP contribution in [0.15, 0.2) is 48.9 Å². The Hall–Kier alpha value is -3.35. The van der Waals surface area contributed by atoms with Gasteiger partial charge in [-0.1, -0.05) is 30.3 Å². The van der Waals surface area contributed by atoms with E-state index in [1.54, 1.807) is 12.5 Å². The molecule has 0 atom stereocenters. The fraction of sp³-hybridized carbons (Fsp3) is 0.318. The van der Waals surface area contributed by atoms with E-state index in [1.165, 1.54) is 36.8 Å². The van der Waals surface area contributed by atoms with Crippen molar-refractivity contribution < 1.29 is 4.74 Å². The third-order valence-corrected chi connectivity index (χ3v) is 6.17. The second-order valence-electron chi connectivity index (χ2n) is 7.80. The van der Waals surface area contributed by atoms with Crippen molar-refractivity contribution in [1.29, 1.82) is 0 Å². The quantitative estimate of drug-likeness (QED) is 0.531. The Kier molecular flexibility index (Phi) is 3.78. The van der Waals surface area contributed by atoms with Gasteiger partial charge in [0.1, 0.15) is 12.9 Å². The Bertz CT molecular complexity index is 1170. The number of hydrogen-bond donors (Lipinski definition) is 0. The summed E-state index contributed by atoms with van der Waals surface area (Å²) in [5.41, 5.74) is 5.23. The van der Waals surface area contributed by atoms with Crippen LogP contribution in [0, 0.1) is 0 Å². The minimum atomic E-state index is 0.369. The average molecular weight is 384 g/mol. The summed E-state index contributed by atoms with van der Waals surface area (Å²) in [5.74, 6) is 2.44. The molecule has 0 aliphatic heterocycles. The lowest BCUT2D eigenvalue weighted by Crippen LogP contribution is -2.25. The highest BCUT2D eigenvalue weighted by molar-refractivity contribution is 5.65. The van der Waals surface area contributed by atoms with E-state index in [0.717, 1.165) is 22.7 Å². The van der Waals surface area contributed by atoms with E-state index in [9.17, 15) is 0 Å². The first kappa shape index (κ1) is 16.6. The Morgan fingerprint density at radius 3 is 2.48 bits per heavy atom. The summed E-state index contributed by atoms with van der Waals surface area (Å²) < 4.78 is 8.10. The van der Waals surface area contributed by atoms with E-state index < -0.39 is 0 Å². The molecule has 144 valence electrons. The van der Waals surface area contributed by atoms with Crippen LogP contribution >= 0.6 is 0 Å². The molecule has 1 fully saturated rings. The van der Waals surface area contributed by atoms with E-state index in [4.69, 9.17) is 9.84 Å². The lowest BCUT2D eigenvalue weighted by atomic mass is 9.67. The Labute approximate surface area is 167 Å². The SMILES string of the molecule is c1ccc(-c2nnc3c4c(c(OCc5ccncn5)nn23)C2CCC4CC2)cc1. The number of rotatable bonds is 4. The largest absolute Gasteiger partial charge is 0.470 e. The van der Waals surface area contributed by atoms with Gasteiger partial charge < -0.3 is 4.74 Å². The molecule has 1 saturated carbocycles. The second-order valence-corrected chi connectivity index (χ2v) is 7.80. The molecule has 29 heavy (non-hydrogen) atoms. The monoisotopic (exact) mass is 384 g/mol. The van der Waals surface area contributed by atoms with Crippen LogP contribution in [0.4, 0.5) is 0 Å². The van der Waals surface area contributed by atoms with Crippen LogP contribution in [0.2, 0.25) is 0 Å². The lowest BCUT2D eigenvalue weighted by molar-refractivity contribution is 0.265. The molecule has 0 N–H and O–H groups in total. The van der Waals surface area contributed by atoms with Crippen LogP contribution in [0.5, 0.6) is 5.88 Å². The van der Waals surface area contributed by atoms with Crippen LogP contribution in [-0.4, -0.2) is 29.8 Å². The number of aromatic nitrogens is 6. The summed E-state index contributed by atoms with van der Waals surface area (Å²) >= 11 is 0. The Balaban J connectivity index is 1.52. The van der Waals surface area contributed by atoms with Gasteiger partial charge in [-0.05, 0) is 43.6 Å². The summed E-state index contributed by atoms with van der Waals surface area (Å²) in [6.45, 7) is 0.369. The maximum atomic E-state index is 6.23. The van der Waals surface area contributed by atoms with Gasteiger partial charge in [0.15, 0.2) is 11.5 Å². The molecule has 0 amide bonds. The van der Waals surface area contributed by atoms with Gasteiger partial charge >= 0.3 is 0 Å². The molecule has 4 aromatic rings. The molecule has 3 aromatic heterocycles. The predicted molar refractivity (Wildman–Crippen MR) is 107 cm³/mol. The van der Waals surface area contributed by atoms with E-state index in [2.05, 4.69) is 20.2 Å². The molecule has 3 heterocycles. The Morgan fingerprint density at radius 1 is 0.931 bits per heavy atom. The fourth-order valence-electron chi connectivity index (χ4n) is 4.81. The number of ether oxygens (including phenoxy) is 1. The first-order chi connectivity index (χ1) is 14.4. The molecule has 0 radical (unpaired) electrons. The molecule has 3 aliphatic rings.